The molecule has 0 saturated carbocycles. The van der Waals surface area contributed by atoms with Gasteiger partial charge >= 0.3 is 12.1 Å². The number of nitrogens with one attached hydrogen (secondary N) is 1. The number of carbonyl (C=O) groups is 2. The second kappa shape index (κ2) is 8.30. The van der Waals surface area contributed by atoms with Gasteiger partial charge in [-0.05, 0) is 48.5 Å². The molecule has 4 aromatic rings. The second-order valence-corrected chi connectivity index (χ2v) is 7.13. The van der Waals surface area contributed by atoms with Crippen molar-refractivity contribution in [1.29, 1.82) is 0 Å². The van der Waals surface area contributed by atoms with Crippen LogP contribution in [0, 0.1) is 0 Å². The van der Waals surface area contributed by atoms with Crippen LogP contribution in [-0.2, 0) is 13.2 Å². The van der Waals surface area contributed by atoms with Crippen molar-refractivity contribution < 1.29 is 32.6 Å². The average molecular weight is 455 g/mol. The molecule has 33 heavy (non-hydrogen) atoms. The van der Waals surface area contributed by atoms with E-state index in [-0.39, 0.29) is 17.1 Å². The summed E-state index contributed by atoms with van der Waals surface area (Å²) in [4.78, 5) is 27.7. The van der Waals surface area contributed by atoms with Crippen molar-refractivity contribution in [3.63, 3.8) is 0 Å². The number of halogens is 3. The first-order chi connectivity index (χ1) is 15.6. The van der Waals surface area contributed by atoms with Gasteiger partial charge in [-0.25, -0.2) is 9.78 Å². The number of fused-ring (bicyclic) bond motifs is 1. The fourth-order valence-electron chi connectivity index (χ4n) is 3.23. The number of ether oxygens (including phenoxy) is 1. The fraction of sp³-hybridized carbons (Fsp3) is 0.0870. The summed E-state index contributed by atoms with van der Waals surface area (Å²) in [5.41, 5.74) is 0.379. The minimum Gasteiger partial charge on any atom is -0.477 e. The first kappa shape index (κ1) is 21.9. The maximum absolute atomic E-state index is 12.6. The van der Waals surface area contributed by atoms with Crippen molar-refractivity contribution in [2.75, 3.05) is 5.32 Å². The minimum atomic E-state index is -4.47. The number of amides is 1. The predicted octanol–water partition coefficient (Wildman–Crippen LogP) is 5.33. The van der Waals surface area contributed by atoms with E-state index >= 15 is 0 Å². The van der Waals surface area contributed by atoms with Gasteiger partial charge in [0.15, 0.2) is 0 Å². The third-order valence-corrected chi connectivity index (χ3v) is 4.93. The van der Waals surface area contributed by atoms with Gasteiger partial charge in [0.2, 0.25) is 5.88 Å². The number of nitrogens with zero attached hydrogens (tertiary/aromatic N) is 2. The van der Waals surface area contributed by atoms with E-state index in [9.17, 15) is 27.9 Å². The molecule has 0 spiro atoms. The fourth-order valence-corrected chi connectivity index (χ4v) is 3.23. The second-order valence-electron chi connectivity index (χ2n) is 7.13. The highest BCUT2D eigenvalue weighted by molar-refractivity contribution is 6.04. The number of alkyl halides is 3. The van der Waals surface area contributed by atoms with Crippen molar-refractivity contribution in [2.24, 2.45) is 7.05 Å². The highest BCUT2D eigenvalue weighted by Crippen LogP contribution is 2.29. The highest BCUT2D eigenvalue weighted by Gasteiger charge is 2.30. The maximum Gasteiger partial charge on any atom is 0.416 e. The zero-order chi connectivity index (χ0) is 23.8. The zero-order valence-electron chi connectivity index (χ0n) is 17.1. The van der Waals surface area contributed by atoms with Gasteiger partial charge in [-0.2, -0.15) is 13.2 Å². The number of carboxylic acids is 1. The number of rotatable bonds is 5. The number of aromatic carboxylic acids is 1. The summed E-state index contributed by atoms with van der Waals surface area (Å²) in [6.07, 6.45) is -3.13. The van der Waals surface area contributed by atoms with Crippen LogP contribution in [0.15, 0.2) is 66.9 Å². The van der Waals surface area contributed by atoms with E-state index in [1.807, 2.05) is 0 Å². The van der Waals surface area contributed by atoms with Crippen LogP contribution in [0.1, 0.15) is 26.4 Å². The Bertz CT molecular complexity index is 1340. The number of carboxylic acid groups (broad SMARTS) is 1. The van der Waals surface area contributed by atoms with Crippen LogP contribution in [0.4, 0.5) is 18.9 Å². The Morgan fingerprint density at radius 1 is 1.03 bits per heavy atom. The van der Waals surface area contributed by atoms with E-state index in [4.69, 9.17) is 4.74 Å². The number of carbonyl (C=O) groups excluding carboxylic acids is 1. The number of aryl methyl sites for hydroxylation is 1. The van der Waals surface area contributed by atoms with Gasteiger partial charge < -0.3 is 19.7 Å². The lowest BCUT2D eigenvalue weighted by Gasteiger charge is -2.09. The maximum atomic E-state index is 12.6. The van der Waals surface area contributed by atoms with E-state index in [1.54, 1.807) is 31.3 Å². The molecule has 0 atom stereocenters. The van der Waals surface area contributed by atoms with Crippen molar-refractivity contribution in [3.8, 4) is 11.6 Å². The molecule has 0 aliphatic carbocycles. The number of hydrogen-bond acceptors (Lipinski definition) is 4. The van der Waals surface area contributed by atoms with Crippen molar-refractivity contribution in [3.05, 3.63) is 83.7 Å². The number of hydrogen-bond donors (Lipinski definition) is 2. The molecule has 4 rings (SSSR count). The topological polar surface area (TPSA) is 93.5 Å². The smallest absolute Gasteiger partial charge is 0.416 e. The molecular weight excluding hydrogens is 439 g/mol. The molecule has 0 aliphatic heterocycles. The Hall–Kier alpha value is -4.34. The molecule has 1 amide bonds. The molecule has 0 bridgehead atoms. The summed E-state index contributed by atoms with van der Waals surface area (Å²) in [5.74, 6) is -0.946. The predicted molar refractivity (Wildman–Crippen MR) is 114 cm³/mol. The third-order valence-electron chi connectivity index (χ3n) is 4.93. The van der Waals surface area contributed by atoms with E-state index in [2.05, 4.69) is 10.3 Å². The van der Waals surface area contributed by atoms with Crippen LogP contribution < -0.4 is 10.1 Å². The molecule has 7 nitrogen and oxygen atoms in total. The SMILES string of the molecule is Cn1c(C(=O)O)cc2ccc(Oc3ccc(NC(=O)c4ccc(C(F)(F)F)cc4)cn3)cc21. The van der Waals surface area contributed by atoms with E-state index in [0.29, 0.717) is 17.0 Å². The van der Waals surface area contributed by atoms with Gasteiger partial charge in [0.05, 0.1) is 23.0 Å². The van der Waals surface area contributed by atoms with Crippen molar-refractivity contribution in [2.45, 2.75) is 6.18 Å². The Balaban J connectivity index is 1.44. The molecule has 0 unspecified atom stereocenters. The number of anilines is 1. The molecule has 0 radical (unpaired) electrons. The van der Waals surface area contributed by atoms with Crippen LogP contribution >= 0.6 is 0 Å². The molecule has 2 aromatic heterocycles. The molecule has 10 heteroatoms. The monoisotopic (exact) mass is 455 g/mol. The van der Waals surface area contributed by atoms with Gasteiger partial charge in [0.25, 0.3) is 5.91 Å². The Kier molecular flexibility index (Phi) is 5.50. The first-order valence-corrected chi connectivity index (χ1v) is 9.57. The standard InChI is InChI=1S/C23H16F3N3O4/c1-29-18-11-17(8-4-14(18)10-19(29)22(31)32)33-20-9-7-16(12-27-20)28-21(30)13-2-5-15(6-3-13)23(24,25)26/h2-12H,1H3,(H,28,30)(H,31,32). The van der Waals surface area contributed by atoms with Gasteiger partial charge in [-0.15, -0.1) is 0 Å². The van der Waals surface area contributed by atoms with Crippen LogP contribution in [0.5, 0.6) is 11.6 Å². The molecule has 2 aromatic carbocycles. The molecular formula is C23H16F3N3O4. The van der Waals surface area contributed by atoms with Crippen LogP contribution in [0.3, 0.4) is 0 Å². The first-order valence-electron chi connectivity index (χ1n) is 9.57. The summed E-state index contributed by atoms with van der Waals surface area (Å²) < 4.78 is 45.2. The normalized spacial score (nSPS) is 11.4. The molecule has 168 valence electrons. The summed E-state index contributed by atoms with van der Waals surface area (Å²) in [7, 11) is 1.64. The lowest BCUT2D eigenvalue weighted by Crippen LogP contribution is -2.13. The number of pyridine rings is 1. The van der Waals surface area contributed by atoms with E-state index in [1.165, 1.54) is 22.9 Å². The summed E-state index contributed by atoms with van der Waals surface area (Å²) >= 11 is 0. The Morgan fingerprint density at radius 2 is 1.76 bits per heavy atom. The van der Waals surface area contributed by atoms with Crippen molar-refractivity contribution in [1.82, 2.24) is 9.55 Å². The lowest BCUT2D eigenvalue weighted by molar-refractivity contribution is -0.137. The molecule has 2 N–H and O–H groups in total. The lowest BCUT2D eigenvalue weighted by atomic mass is 10.1. The van der Waals surface area contributed by atoms with Crippen LogP contribution in [-0.4, -0.2) is 26.5 Å². The zero-order valence-corrected chi connectivity index (χ0v) is 17.1. The third kappa shape index (κ3) is 4.64. The summed E-state index contributed by atoms with van der Waals surface area (Å²) in [6.45, 7) is 0. The van der Waals surface area contributed by atoms with Gasteiger partial charge in [-0.3, -0.25) is 4.79 Å². The number of benzene rings is 2. The molecule has 0 saturated heterocycles. The molecule has 0 fully saturated rings. The quantitative estimate of drug-likeness (QED) is 0.424. The van der Waals surface area contributed by atoms with Crippen LogP contribution in [0.2, 0.25) is 0 Å². The largest absolute Gasteiger partial charge is 0.477 e. The average Bonchev–Trinajstić information content (AvgIpc) is 3.11. The van der Waals surface area contributed by atoms with Gasteiger partial charge in [-0.1, -0.05) is 0 Å². The summed E-state index contributed by atoms with van der Waals surface area (Å²) in [6, 6.07) is 13.6. The Morgan fingerprint density at radius 3 is 2.36 bits per heavy atom. The number of aromatic nitrogens is 2. The van der Waals surface area contributed by atoms with E-state index < -0.39 is 23.6 Å². The highest BCUT2D eigenvalue weighted by atomic mass is 19.4. The van der Waals surface area contributed by atoms with E-state index in [0.717, 1.165) is 29.7 Å². The van der Waals surface area contributed by atoms with Crippen LogP contribution in [0.25, 0.3) is 10.9 Å². The molecule has 2 heterocycles. The van der Waals surface area contributed by atoms with Gasteiger partial charge in [0.1, 0.15) is 11.4 Å². The molecule has 0 aliphatic rings. The minimum absolute atomic E-state index is 0.0694. The summed E-state index contributed by atoms with van der Waals surface area (Å²) in [5, 5.41) is 12.5. The van der Waals surface area contributed by atoms with Gasteiger partial charge in [0, 0.05) is 30.1 Å². The van der Waals surface area contributed by atoms with Crippen molar-refractivity contribution >= 4 is 28.5 Å². The Labute approximate surface area is 185 Å².